The van der Waals surface area contributed by atoms with Crippen molar-refractivity contribution >= 4 is 5.82 Å². The third-order valence-corrected chi connectivity index (χ3v) is 4.54. The summed E-state index contributed by atoms with van der Waals surface area (Å²) in [6, 6.07) is 9.76. The van der Waals surface area contributed by atoms with Gasteiger partial charge in [0, 0.05) is 11.6 Å². The zero-order valence-corrected chi connectivity index (χ0v) is 15.1. The fourth-order valence-electron chi connectivity index (χ4n) is 3.12. The fraction of sp³-hybridized carbons (Fsp3) is 0.263. The lowest BCUT2D eigenvalue weighted by molar-refractivity contribution is 0.183. The van der Waals surface area contributed by atoms with Crippen LogP contribution in [-0.4, -0.2) is 46.1 Å². The molecule has 2 aromatic heterocycles. The van der Waals surface area contributed by atoms with Gasteiger partial charge in [-0.25, -0.2) is 19.0 Å². The van der Waals surface area contributed by atoms with Gasteiger partial charge >= 0.3 is 0 Å². The molecule has 2 unspecified atom stereocenters. The van der Waals surface area contributed by atoms with Crippen LogP contribution >= 0.6 is 0 Å². The highest BCUT2D eigenvalue weighted by molar-refractivity contribution is 5.60. The summed E-state index contributed by atoms with van der Waals surface area (Å²) < 4.78 is 26.0. The normalized spacial score (nSPS) is 18.8. The Balaban J connectivity index is 1.66. The minimum absolute atomic E-state index is 0.0625. The summed E-state index contributed by atoms with van der Waals surface area (Å²) >= 11 is 0. The van der Waals surface area contributed by atoms with Crippen LogP contribution in [0, 0.1) is 5.82 Å². The lowest BCUT2D eigenvalue weighted by Crippen LogP contribution is -2.37. The van der Waals surface area contributed by atoms with Crippen molar-refractivity contribution < 1.29 is 13.9 Å². The van der Waals surface area contributed by atoms with E-state index >= 15 is 0 Å². The number of aromatic nitrogens is 4. The Hall–Kier alpha value is -3.33. The molecule has 0 amide bonds. The topological polar surface area (TPSA) is 91.2 Å². The van der Waals surface area contributed by atoms with Gasteiger partial charge in [-0.05, 0) is 18.2 Å². The van der Waals surface area contributed by atoms with Gasteiger partial charge in [0.2, 0.25) is 0 Å². The molecule has 0 bridgehead atoms. The van der Waals surface area contributed by atoms with Crippen LogP contribution in [0.4, 0.5) is 10.2 Å². The van der Waals surface area contributed by atoms with Gasteiger partial charge in [-0.2, -0.15) is 5.10 Å². The summed E-state index contributed by atoms with van der Waals surface area (Å²) in [6.07, 6.45) is 2.33. The number of hydrogen-bond donors (Lipinski definition) is 1. The second kappa shape index (κ2) is 7.73. The molecule has 2 atom stereocenters. The molecule has 0 saturated carbocycles. The van der Waals surface area contributed by atoms with Gasteiger partial charge in [0.15, 0.2) is 11.6 Å². The van der Waals surface area contributed by atoms with Crippen molar-refractivity contribution in [1.29, 1.82) is 0 Å². The zero-order chi connectivity index (χ0) is 19.5. The Kier molecular flexibility index (Phi) is 4.98. The molecule has 28 heavy (non-hydrogen) atoms. The van der Waals surface area contributed by atoms with Gasteiger partial charge in [-0.1, -0.05) is 12.1 Å². The number of halogens is 1. The number of anilines is 1. The van der Waals surface area contributed by atoms with Crippen molar-refractivity contribution in [3.8, 4) is 17.0 Å². The Morgan fingerprint density at radius 3 is 3.00 bits per heavy atom. The van der Waals surface area contributed by atoms with Gasteiger partial charge in [0.1, 0.15) is 18.1 Å². The van der Waals surface area contributed by atoms with E-state index in [4.69, 9.17) is 9.47 Å². The molecule has 8 nitrogen and oxygen atoms in total. The van der Waals surface area contributed by atoms with E-state index in [-0.39, 0.29) is 24.0 Å². The molecule has 3 aromatic rings. The first-order valence-electron chi connectivity index (χ1n) is 8.70. The van der Waals surface area contributed by atoms with Crippen molar-refractivity contribution in [2.75, 3.05) is 25.6 Å². The lowest BCUT2D eigenvalue weighted by atomic mass is 10.1. The fourth-order valence-corrected chi connectivity index (χ4v) is 3.12. The second-order valence-corrected chi connectivity index (χ2v) is 6.31. The Morgan fingerprint density at radius 1 is 1.29 bits per heavy atom. The number of nitrogens with one attached hydrogen (secondary N) is 1. The molecule has 0 aliphatic carbocycles. The summed E-state index contributed by atoms with van der Waals surface area (Å²) in [7, 11) is 1.59. The van der Waals surface area contributed by atoms with E-state index < -0.39 is 11.9 Å². The molecule has 144 valence electrons. The summed E-state index contributed by atoms with van der Waals surface area (Å²) in [5.74, 6) is 0.186. The first kappa shape index (κ1) is 18.1. The Labute approximate surface area is 160 Å². The summed E-state index contributed by atoms with van der Waals surface area (Å²) in [5.41, 5.74) is 1.17. The van der Waals surface area contributed by atoms with Crippen LogP contribution < -0.4 is 15.6 Å². The molecule has 1 N–H and O–H groups in total. The average Bonchev–Trinajstić information content (AvgIpc) is 3.18. The Bertz CT molecular complexity index is 1040. The molecule has 0 radical (unpaired) electrons. The van der Waals surface area contributed by atoms with Crippen LogP contribution in [0.3, 0.4) is 0 Å². The summed E-state index contributed by atoms with van der Waals surface area (Å²) in [5, 5.41) is 7.51. The van der Waals surface area contributed by atoms with Crippen LogP contribution in [0.1, 0.15) is 6.04 Å². The molecule has 1 aliphatic rings. The minimum Gasteiger partial charge on any atom is -0.497 e. The largest absolute Gasteiger partial charge is 0.497 e. The van der Waals surface area contributed by atoms with Crippen LogP contribution in [-0.2, 0) is 4.74 Å². The lowest BCUT2D eigenvalue weighted by Gasteiger charge is -2.21. The predicted molar refractivity (Wildman–Crippen MR) is 99.7 cm³/mol. The standard InChI is InChI=1S/C19H18FN5O3/c1-27-13-4-2-3-12(7-13)15-5-6-18(26)25(24-15)17-10-28-9-16(17)23-19-14(20)8-21-11-22-19/h2-8,11,16-17H,9-10H2,1H3,(H,21,22,23). The third-order valence-electron chi connectivity index (χ3n) is 4.54. The number of nitrogens with zero attached hydrogens (tertiary/aromatic N) is 4. The maximum Gasteiger partial charge on any atom is 0.267 e. The zero-order valence-electron chi connectivity index (χ0n) is 15.1. The van der Waals surface area contributed by atoms with E-state index in [1.165, 1.54) is 17.1 Å². The number of benzene rings is 1. The van der Waals surface area contributed by atoms with Crippen LogP contribution in [0.25, 0.3) is 11.3 Å². The molecule has 1 fully saturated rings. The maximum atomic E-state index is 13.9. The summed E-state index contributed by atoms with van der Waals surface area (Å²) in [6.45, 7) is 0.574. The molecule has 3 heterocycles. The predicted octanol–water partition coefficient (Wildman–Crippen LogP) is 1.90. The highest BCUT2D eigenvalue weighted by Gasteiger charge is 2.32. The van der Waals surface area contributed by atoms with Gasteiger partial charge in [-0.15, -0.1) is 0 Å². The van der Waals surface area contributed by atoms with E-state index in [9.17, 15) is 9.18 Å². The smallest absolute Gasteiger partial charge is 0.267 e. The van der Waals surface area contributed by atoms with E-state index in [1.54, 1.807) is 13.2 Å². The van der Waals surface area contributed by atoms with Crippen molar-refractivity contribution in [2.45, 2.75) is 12.1 Å². The molecule has 0 spiro atoms. The van der Waals surface area contributed by atoms with Crippen LogP contribution in [0.15, 0.2) is 53.7 Å². The molecular formula is C19H18FN5O3. The highest BCUT2D eigenvalue weighted by atomic mass is 19.1. The molecule has 1 aromatic carbocycles. The van der Waals surface area contributed by atoms with Crippen molar-refractivity contribution in [3.05, 3.63) is 65.1 Å². The minimum atomic E-state index is -0.571. The molecule has 4 rings (SSSR count). The van der Waals surface area contributed by atoms with Crippen molar-refractivity contribution in [1.82, 2.24) is 19.7 Å². The third kappa shape index (κ3) is 3.56. The Morgan fingerprint density at radius 2 is 2.18 bits per heavy atom. The maximum absolute atomic E-state index is 13.9. The first-order chi connectivity index (χ1) is 13.7. The van der Waals surface area contributed by atoms with Gasteiger partial charge in [-0.3, -0.25) is 4.79 Å². The van der Waals surface area contributed by atoms with E-state index in [0.29, 0.717) is 18.1 Å². The van der Waals surface area contributed by atoms with Gasteiger partial charge in [0.25, 0.3) is 5.56 Å². The van der Waals surface area contributed by atoms with E-state index in [1.807, 2.05) is 24.3 Å². The van der Waals surface area contributed by atoms with E-state index in [0.717, 1.165) is 11.8 Å². The number of ether oxygens (including phenoxy) is 2. The molecule has 9 heteroatoms. The quantitative estimate of drug-likeness (QED) is 0.719. The molecule has 1 saturated heterocycles. The van der Waals surface area contributed by atoms with Crippen molar-refractivity contribution in [2.24, 2.45) is 0 Å². The highest BCUT2D eigenvalue weighted by Crippen LogP contribution is 2.25. The average molecular weight is 383 g/mol. The van der Waals surface area contributed by atoms with Gasteiger partial charge < -0.3 is 14.8 Å². The van der Waals surface area contributed by atoms with Crippen LogP contribution in [0.5, 0.6) is 5.75 Å². The number of hydrogen-bond acceptors (Lipinski definition) is 7. The molecular weight excluding hydrogens is 365 g/mol. The first-order valence-corrected chi connectivity index (χ1v) is 8.70. The molecule has 1 aliphatic heterocycles. The van der Waals surface area contributed by atoms with Crippen molar-refractivity contribution in [3.63, 3.8) is 0 Å². The number of methoxy groups -OCH3 is 1. The van der Waals surface area contributed by atoms with E-state index in [2.05, 4.69) is 20.4 Å². The SMILES string of the molecule is COc1cccc(-c2ccc(=O)n(C3COCC3Nc3ncncc3F)n2)c1. The monoisotopic (exact) mass is 383 g/mol. The second-order valence-electron chi connectivity index (χ2n) is 6.31. The van der Waals surface area contributed by atoms with Crippen LogP contribution in [0.2, 0.25) is 0 Å². The van der Waals surface area contributed by atoms with Gasteiger partial charge in [0.05, 0.1) is 38.3 Å². The number of rotatable bonds is 5. The summed E-state index contributed by atoms with van der Waals surface area (Å²) in [4.78, 5) is 20.0.